The normalized spacial score (nSPS) is 25.5. The number of amides is 1. The number of hydrogen-bond acceptors (Lipinski definition) is 3. The zero-order chi connectivity index (χ0) is 16.5. The molecule has 2 heterocycles. The molecule has 1 aliphatic rings. The second-order valence-corrected chi connectivity index (χ2v) is 7.48. The van der Waals surface area contributed by atoms with Gasteiger partial charge in [0.25, 0.3) is 0 Å². The third-order valence-corrected chi connectivity index (χ3v) is 4.45. The minimum atomic E-state index is -0.352. The Morgan fingerprint density at radius 2 is 2.18 bits per heavy atom. The molecule has 22 heavy (non-hydrogen) atoms. The van der Waals surface area contributed by atoms with E-state index in [-0.39, 0.29) is 23.3 Å². The van der Waals surface area contributed by atoms with Crippen molar-refractivity contribution in [1.29, 1.82) is 0 Å². The highest BCUT2D eigenvalue weighted by atomic mass is 16.6. The van der Waals surface area contributed by atoms with Crippen LogP contribution in [0, 0.1) is 5.41 Å². The van der Waals surface area contributed by atoms with Crippen molar-refractivity contribution in [2.45, 2.75) is 52.3 Å². The van der Waals surface area contributed by atoms with E-state index in [4.69, 9.17) is 9.47 Å². The fourth-order valence-corrected chi connectivity index (χ4v) is 3.08. The highest BCUT2D eigenvalue weighted by molar-refractivity contribution is 5.69. The zero-order valence-corrected chi connectivity index (χ0v) is 14.5. The van der Waals surface area contributed by atoms with Gasteiger partial charge in [0.15, 0.2) is 0 Å². The predicted octanol–water partition coefficient (Wildman–Crippen LogP) is 3.19. The maximum absolute atomic E-state index is 12.3. The summed E-state index contributed by atoms with van der Waals surface area (Å²) in [4.78, 5) is 14.1. The predicted molar refractivity (Wildman–Crippen MR) is 85.6 cm³/mol. The first kappa shape index (κ1) is 16.9. The minimum absolute atomic E-state index is 0.156. The number of rotatable bonds is 3. The molecule has 1 aromatic rings. The van der Waals surface area contributed by atoms with Crippen molar-refractivity contribution in [2.75, 3.05) is 13.7 Å². The van der Waals surface area contributed by atoms with Crippen molar-refractivity contribution < 1.29 is 14.3 Å². The first-order valence-electron chi connectivity index (χ1n) is 7.78. The molecule has 5 nitrogen and oxygen atoms in total. The Morgan fingerprint density at radius 1 is 1.50 bits per heavy atom. The van der Waals surface area contributed by atoms with Gasteiger partial charge in [-0.1, -0.05) is 20.8 Å². The molecule has 2 atom stereocenters. The van der Waals surface area contributed by atoms with Crippen LogP contribution < -0.4 is 0 Å². The molecule has 0 bridgehead atoms. The summed E-state index contributed by atoms with van der Waals surface area (Å²) < 4.78 is 13.1. The molecule has 0 aromatic carbocycles. The van der Waals surface area contributed by atoms with E-state index >= 15 is 0 Å². The standard InChI is InChI=1S/C17H28N2O3/c1-16(2,3)14-19(15(20)21-6)17(4,12-22-14)10-9-13-8-7-11-18(13)5/h7-8,11,14H,9-10,12H2,1-6H3. The van der Waals surface area contributed by atoms with Gasteiger partial charge >= 0.3 is 6.09 Å². The summed E-state index contributed by atoms with van der Waals surface area (Å²) in [5, 5.41) is 0. The van der Waals surface area contributed by atoms with Crippen LogP contribution in [-0.4, -0.2) is 41.0 Å². The number of hydrogen-bond donors (Lipinski definition) is 0. The van der Waals surface area contributed by atoms with Gasteiger partial charge in [-0.3, -0.25) is 4.90 Å². The lowest BCUT2D eigenvalue weighted by Gasteiger charge is -2.39. The molecule has 1 aromatic heterocycles. The number of nitrogens with zero attached hydrogens (tertiary/aromatic N) is 2. The maximum atomic E-state index is 12.3. The van der Waals surface area contributed by atoms with E-state index in [1.165, 1.54) is 12.8 Å². The van der Waals surface area contributed by atoms with Gasteiger partial charge < -0.3 is 14.0 Å². The summed E-state index contributed by atoms with van der Waals surface area (Å²) in [6.07, 6.45) is 3.20. The quantitative estimate of drug-likeness (QED) is 0.861. The fraction of sp³-hybridized carbons (Fsp3) is 0.706. The molecule has 124 valence electrons. The molecular formula is C17H28N2O3. The number of methoxy groups -OCH3 is 1. The smallest absolute Gasteiger partial charge is 0.412 e. The molecule has 0 spiro atoms. The number of carbonyl (C=O) groups is 1. The molecule has 0 N–H and O–H groups in total. The van der Waals surface area contributed by atoms with Crippen LogP contribution in [0.1, 0.15) is 39.8 Å². The van der Waals surface area contributed by atoms with Crippen molar-refractivity contribution in [1.82, 2.24) is 9.47 Å². The Hall–Kier alpha value is -1.49. The van der Waals surface area contributed by atoms with Crippen molar-refractivity contribution in [2.24, 2.45) is 12.5 Å². The molecule has 0 aliphatic carbocycles. The van der Waals surface area contributed by atoms with Gasteiger partial charge in [0, 0.05) is 24.4 Å². The van der Waals surface area contributed by atoms with E-state index in [2.05, 4.69) is 38.3 Å². The number of carbonyl (C=O) groups excluding carboxylic acids is 1. The summed E-state index contributed by atoms with van der Waals surface area (Å²) in [5.41, 5.74) is 0.747. The van der Waals surface area contributed by atoms with Crippen LogP contribution >= 0.6 is 0 Å². The topological polar surface area (TPSA) is 43.7 Å². The van der Waals surface area contributed by atoms with Crippen LogP contribution in [0.25, 0.3) is 0 Å². The average Bonchev–Trinajstić information content (AvgIpc) is 2.99. The Balaban J connectivity index is 2.19. The monoisotopic (exact) mass is 308 g/mol. The van der Waals surface area contributed by atoms with Crippen molar-refractivity contribution in [3.05, 3.63) is 24.0 Å². The molecule has 2 rings (SSSR count). The Bertz CT molecular complexity index is 532. The second-order valence-electron chi connectivity index (χ2n) is 7.48. The van der Waals surface area contributed by atoms with E-state index in [0.717, 1.165) is 12.8 Å². The molecule has 0 radical (unpaired) electrons. The largest absolute Gasteiger partial charge is 0.453 e. The summed E-state index contributed by atoms with van der Waals surface area (Å²) >= 11 is 0. The van der Waals surface area contributed by atoms with Gasteiger partial charge in [-0.15, -0.1) is 0 Å². The molecular weight excluding hydrogens is 280 g/mol. The fourth-order valence-electron chi connectivity index (χ4n) is 3.08. The lowest BCUT2D eigenvalue weighted by Crippen LogP contribution is -2.53. The van der Waals surface area contributed by atoms with Crippen LogP contribution in [0.2, 0.25) is 0 Å². The van der Waals surface area contributed by atoms with Crippen molar-refractivity contribution in [3.63, 3.8) is 0 Å². The van der Waals surface area contributed by atoms with E-state index < -0.39 is 0 Å². The van der Waals surface area contributed by atoms with Crippen molar-refractivity contribution in [3.8, 4) is 0 Å². The molecule has 1 fully saturated rings. The first-order valence-corrected chi connectivity index (χ1v) is 7.78. The number of aryl methyl sites for hydroxylation is 2. The molecule has 5 heteroatoms. The van der Waals surface area contributed by atoms with Gasteiger partial charge in [-0.2, -0.15) is 0 Å². The van der Waals surface area contributed by atoms with Crippen LogP contribution in [0.4, 0.5) is 4.79 Å². The summed E-state index contributed by atoms with van der Waals surface area (Å²) in [6.45, 7) is 8.86. The van der Waals surface area contributed by atoms with Crippen molar-refractivity contribution >= 4 is 6.09 Å². The lowest BCUT2D eigenvalue weighted by atomic mass is 9.89. The van der Waals surface area contributed by atoms with Gasteiger partial charge in [-0.05, 0) is 31.9 Å². The van der Waals surface area contributed by atoms with E-state index in [9.17, 15) is 4.79 Å². The third kappa shape index (κ3) is 3.14. The van der Waals surface area contributed by atoms with Crippen LogP contribution in [0.3, 0.4) is 0 Å². The van der Waals surface area contributed by atoms with Crippen LogP contribution in [0.5, 0.6) is 0 Å². The zero-order valence-electron chi connectivity index (χ0n) is 14.5. The summed E-state index contributed by atoms with van der Waals surface area (Å²) in [7, 11) is 3.47. The summed E-state index contributed by atoms with van der Waals surface area (Å²) in [5.74, 6) is 0. The minimum Gasteiger partial charge on any atom is -0.453 e. The average molecular weight is 308 g/mol. The van der Waals surface area contributed by atoms with Crippen LogP contribution in [0.15, 0.2) is 18.3 Å². The summed E-state index contributed by atoms with van der Waals surface area (Å²) in [6, 6.07) is 4.15. The van der Waals surface area contributed by atoms with Gasteiger partial charge in [0.2, 0.25) is 0 Å². The second kappa shape index (κ2) is 5.95. The van der Waals surface area contributed by atoms with Gasteiger partial charge in [0.1, 0.15) is 6.23 Å². The Kier molecular flexibility index (Phi) is 4.57. The van der Waals surface area contributed by atoms with E-state index in [1.54, 1.807) is 4.90 Å². The van der Waals surface area contributed by atoms with E-state index in [0.29, 0.717) is 6.61 Å². The molecule has 1 saturated heterocycles. The Labute approximate surface area is 133 Å². The third-order valence-electron chi connectivity index (χ3n) is 4.45. The number of ether oxygens (including phenoxy) is 2. The molecule has 1 amide bonds. The number of aromatic nitrogens is 1. The molecule has 0 saturated carbocycles. The van der Waals surface area contributed by atoms with Crippen LogP contribution in [-0.2, 0) is 22.9 Å². The highest BCUT2D eigenvalue weighted by Crippen LogP contribution is 2.39. The molecule has 2 unspecified atom stereocenters. The highest BCUT2D eigenvalue weighted by Gasteiger charge is 2.51. The first-order chi connectivity index (χ1) is 10.2. The van der Waals surface area contributed by atoms with Gasteiger partial charge in [-0.25, -0.2) is 4.79 Å². The Morgan fingerprint density at radius 3 is 2.68 bits per heavy atom. The van der Waals surface area contributed by atoms with Gasteiger partial charge in [0.05, 0.1) is 19.3 Å². The SMILES string of the molecule is COC(=O)N1C(C(C)(C)C)OCC1(C)CCc1cccn1C. The lowest BCUT2D eigenvalue weighted by molar-refractivity contribution is -0.0463. The van der Waals surface area contributed by atoms with E-state index in [1.807, 2.05) is 19.3 Å². The molecule has 1 aliphatic heterocycles. The maximum Gasteiger partial charge on any atom is 0.412 e.